The summed E-state index contributed by atoms with van der Waals surface area (Å²) in [5.74, 6) is 1.69. The van der Waals surface area contributed by atoms with Crippen molar-refractivity contribution in [2.75, 3.05) is 6.54 Å². The highest BCUT2D eigenvalue weighted by molar-refractivity contribution is 9.10. The Morgan fingerprint density at radius 2 is 2.26 bits per heavy atom. The molecule has 1 aliphatic carbocycles. The normalized spacial score (nSPS) is 23.1. The molecular weight excluding hydrogens is 302 g/mol. The summed E-state index contributed by atoms with van der Waals surface area (Å²) < 4.78 is 0.946. The van der Waals surface area contributed by atoms with Gasteiger partial charge in [-0.2, -0.15) is 0 Å². The molecule has 2 atom stereocenters. The van der Waals surface area contributed by atoms with Crippen molar-refractivity contribution in [3.63, 3.8) is 0 Å². The molecule has 0 spiro atoms. The SMILES string of the molecule is CC1CCCC(CCNC(=O)c2cccc(Br)c2)C1. The third kappa shape index (κ3) is 4.64. The van der Waals surface area contributed by atoms with E-state index in [1.807, 2.05) is 24.3 Å². The first kappa shape index (κ1) is 14.6. The maximum Gasteiger partial charge on any atom is 0.251 e. The molecule has 1 aromatic rings. The summed E-state index contributed by atoms with van der Waals surface area (Å²) in [6.45, 7) is 3.13. The van der Waals surface area contributed by atoms with E-state index in [1.165, 1.54) is 25.7 Å². The lowest BCUT2D eigenvalue weighted by Crippen LogP contribution is -2.27. The average Bonchev–Trinajstić information content (AvgIpc) is 2.38. The van der Waals surface area contributed by atoms with E-state index in [-0.39, 0.29) is 5.91 Å². The van der Waals surface area contributed by atoms with Gasteiger partial charge < -0.3 is 5.32 Å². The lowest BCUT2D eigenvalue weighted by Gasteiger charge is -2.26. The van der Waals surface area contributed by atoms with Crippen LogP contribution in [0.2, 0.25) is 0 Å². The molecule has 0 aliphatic heterocycles. The molecule has 1 amide bonds. The minimum Gasteiger partial charge on any atom is -0.352 e. The highest BCUT2D eigenvalue weighted by atomic mass is 79.9. The van der Waals surface area contributed by atoms with Crippen LogP contribution in [0.1, 0.15) is 49.4 Å². The average molecular weight is 324 g/mol. The van der Waals surface area contributed by atoms with Crippen molar-refractivity contribution in [3.05, 3.63) is 34.3 Å². The molecule has 2 unspecified atom stereocenters. The van der Waals surface area contributed by atoms with E-state index >= 15 is 0 Å². The molecule has 2 rings (SSSR count). The van der Waals surface area contributed by atoms with Crippen LogP contribution in [0, 0.1) is 11.8 Å². The molecule has 19 heavy (non-hydrogen) atoms. The van der Waals surface area contributed by atoms with Crippen LogP contribution in [-0.2, 0) is 0 Å². The second kappa shape index (κ2) is 7.09. The number of halogens is 1. The third-order valence-electron chi connectivity index (χ3n) is 3.97. The Hall–Kier alpha value is -0.830. The van der Waals surface area contributed by atoms with Crippen molar-refractivity contribution in [3.8, 4) is 0 Å². The van der Waals surface area contributed by atoms with E-state index in [1.54, 1.807) is 0 Å². The summed E-state index contributed by atoms with van der Waals surface area (Å²) in [6.07, 6.45) is 6.50. The zero-order chi connectivity index (χ0) is 13.7. The fourth-order valence-electron chi connectivity index (χ4n) is 2.94. The number of amides is 1. The summed E-state index contributed by atoms with van der Waals surface area (Å²) >= 11 is 3.39. The summed E-state index contributed by atoms with van der Waals surface area (Å²) in [5.41, 5.74) is 0.728. The molecule has 0 bridgehead atoms. The Morgan fingerprint density at radius 1 is 1.42 bits per heavy atom. The van der Waals surface area contributed by atoms with Gasteiger partial charge in [0.05, 0.1) is 0 Å². The predicted molar refractivity (Wildman–Crippen MR) is 82.2 cm³/mol. The summed E-state index contributed by atoms with van der Waals surface area (Å²) in [6, 6.07) is 7.53. The molecule has 1 N–H and O–H groups in total. The summed E-state index contributed by atoms with van der Waals surface area (Å²) in [7, 11) is 0. The van der Waals surface area contributed by atoms with Crippen LogP contribution >= 0.6 is 15.9 Å². The van der Waals surface area contributed by atoms with Gasteiger partial charge in [-0.3, -0.25) is 4.79 Å². The number of carbonyl (C=O) groups excluding carboxylic acids is 1. The smallest absolute Gasteiger partial charge is 0.251 e. The maximum atomic E-state index is 12.0. The number of rotatable bonds is 4. The number of hydrogen-bond donors (Lipinski definition) is 1. The highest BCUT2D eigenvalue weighted by Crippen LogP contribution is 2.30. The Labute approximate surface area is 124 Å². The molecule has 1 fully saturated rings. The van der Waals surface area contributed by atoms with Gasteiger partial charge in [0.2, 0.25) is 0 Å². The fraction of sp³-hybridized carbons (Fsp3) is 0.562. The quantitative estimate of drug-likeness (QED) is 0.874. The number of carbonyl (C=O) groups is 1. The topological polar surface area (TPSA) is 29.1 Å². The second-order valence-corrected chi connectivity index (χ2v) is 6.61. The first-order chi connectivity index (χ1) is 9.15. The van der Waals surface area contributed by atoms with Crippen LogP contribution in [0.15, 0.2) is 28.7 Å². The molecule has 1 aliphatic rings. The van der Waals surface area contributed by atoms with Crippen molar-refractivity contribution >= 4 is 21.8 Å². The Balaban J connectivity index is 1.75. The van der Waals surface area contributed by atoms with Crippen molar-refractivity contribution < 1.29 is 4.79 Å². The second-order valence-electron chi connectivity index (χ2n) is 5.69. The van der Waals surface area contributed by atoms with E-state index in [9.17, 15) is 4.79 Å². The van der Waals surface area contributed by atoms with E-state index < -0.39 is 0 Å². The molecule has 3 heteroatoms. The zero-order valence-corrected chi connectivity index (χ0v) is 13.1. The van der Waals surface area contributed by atoms with Crippen LogP contribution in [0.5, 0.6) is 0 Å². The lowest BCUT2D eigenvalue weighted by atomic mass is 9.81. The largest absolute Gasteiger partial charge is 0.352 e. The minimum atomic E-state index is 0.0326. The standard InChI is InChI=1S/C16H22BrNO/c1-12-4-2-5-13(10-12)8-9-18-16(19)14-6-3-7-15(17)11-14/h3,6-7,11-13H,2,4-5,8-10H2,1H3,(H,18,19). The van der Waals surface area contributed by atoms with Gasteiger partial charge in [0, 0.05) is 16.6 Å². The summed E-state index contributed by atoms with van der Waals surface area (Å²) in [5, 5.41) is 3.03. The van der Waals surface area contributed by atoms with Crippen molar-refractivity contribution in [2.45, 2.75) is 39.0 Å². The van der Waals surface area contributed by atoms with E-state index in [2.05, 4.69) is 28.2 Å². The maximum absolute atomic E-state index is 12.0. The van der Waals surface area contributed by atoms with Gasteiger partial charge in [-0.15, -0.1) is 0 Å². The number of benzene rings is 1. The molecule has 0 radical (unpaired) electrons. The molecule has 0 heterocycles. The van der Waals surface area contributed by atoms with Crippen LogP contribution in [0.4, 0.5) is 0 Å². The van der Waals surface area contributed by atoms with Gasteiger partial charge in [-0.25, -0.2) is 0 Å². The van der Waals surface area contributed by atoms with Crippen LogP contribution in [-0.4, -0.2) is 12.5 Å². The van der Waals surface area contributed by atoms with Crippen LogP contribution in [0.3, 0.4) is 0 Å². The molecule has 1 saturated carbocycles. The van der Waals surface area contributed by atoms with Gasteiger partial charge in [-0.1, -0.05) is 48.2 Å². The van der Waals surface area contributed by atoms with Crippen molar-refractivity contribution in [1.29, 1.82) is 0 Å². The van der Waals surface area contributed by atoms with Gasteiger partial charge in [0.25, 0.3) is 5.91 Å². The number of hydrogen-bond acceptors (Lipinski definition) is 1. The Bertz CT molecular complexity index is 433. The molecular formula is C16H22BrNO. The zero-order valence-electron chi connectivity index (χ0n) is 11.5. The van der Waals surface area contributed by atoms with E-state index in [0.29, 0.717) is 0 Å². The lowest BCUT2D eigenvalue weighted by molar-refractivity contribution is 0.0949. The monoisotopic (exact) mass is 323 g/mol. The Morgan fingerprint density at radius 3 is 3.00 bits per heavy atom. The van der Waals surface area contributed by atoms with Gasteiger partial charge in [0.1, 0.15) is 0 Å². The molecule has 2 nitrogen and oxygen atoms in total. The minimum absolute atomic E-state index is 0.0326. The predicted octanol–water partition coefficient (Wildman–Crippen LogP) is 4.40. The van der Waals surface area contributed by atoms with Gasteiger partial charge in [-0.05, 0) is 42.9 Å². The van der Waals surface area contributed by atoms with Gasteiger partial charge >= 0.3 is 0 Å². The fourth-order valence-corrected chi connectivity index (χ4v) is 3.34. The molecule has 0 saturated heterocycles. The van der Waals surface area contributed by atoms with Crippen molar-refractivity contribution in [1.82, 2.24) is 5.32 Å². The molecule has 1 aromatic carbocycles. The van der Waals surface area contributed by atoms with E-state index in [4.69, 9.17) is 0 Å². The first-order valence-corrected chi connectivity index (χ1v) is 7.98. The highest BCUT2D eigenvalue weighted by Gasteiger charge is 2.18. The Kier molecular flexibility index (Phi) is 5.44. The van der Waals surface area contributed by atoms with Crippen LogP contribution in [0.25, 0.3) is 0 Å². The van der Waals surface area contributed by atoms with E-state index in [0.717, 1.165) is 34.8 Å². The molecule has 0 aromatic heterocycles. The first-order valence-electron chi connectivity index (χ1n) is 7.19. The molecule has 104 valence electrons. The van der Waals surface area contributed by atoms with Crippen LogP contribution < -0.4 is 5.32 Å². The number of nitrogens with one attached hydrogen (secondary N) is 1. The third-order valence-corrected chi connectivity index (χ3v) is 4.46. The van der Waals surface area contributed by atoms with Crippen molar-refractivity contribution in [2.24, 2.45) is 11.8 Å². The van der Waals surface area contributed by atoms with Gasteiger partial charge in [0.15, 0.2) is 0 Å². The summed E-state index contributed by atoms with van der Waals surface area (Å²) in [4.78, 5) is 12.0.